The van der Waals surface area contributed by atoms with Crippen molar-refractivity contribution in [3.8, 4) is 5.75 Å². The molecule has 144 valence electrons. The van der Waals surface area contributed by atoms with E-state index in [0.717, 1.165) is 0 Å². The lowest BCUT2D eigenvalue weighted by atomic mass is 10.1. The van der Waals surface area contributed by atoms with Crippen molar-refractivity contribution in [1.29, 1.82) is 0 Å². The first-order valence-corrected chi connectivity index (χ1v) is 10.2. The van der Waals surface area contributed by atoms with Crippen LogP contribution in [0.2, 0.25) is 0 Å². The minimum Gasteiger partial charge on any atom is -0.497 e. The van der Waals surface area contributed by atoms with E-state index in [1.54, 1.807) is 31.3 Å². The summed E-state index contributed by atoms with van der Waals surface area (Å²) in [7, 11) is -0.0962. The van der Waals surface area contributed by atoms with Gasteiger partial charge >= 0.3 is 0 Å². The van der Waals surface area contributed by atoms with E-state index < -0.39 is 15.9 Å². The van der Waals surface area contributed by atoms with E-state index in [4.69, 9.17) is 4.74 Å². The van der Waals surface area contributed by atoms with Gasteiger partial charge in [0, 0.05) is 31.7 Å². The normalized spacial score (nSPS) is 16.5. The van der Waals surface area contributed by atoms with E-state index in [0.29, 0.717) is 37.2 Å². The monoisotopic (exact) mass is 383 g/mol. The van der Waals surface area contributed by atoms with Crippen molar-refractivity contribution in [3.05, 3.63) is 29.8 Å². The number of ether oxygens (including phenoxy) is 1. The second-order valence-corrected chi connectivity index (χ2v) is 8.43. The molecule has 0 bridgehead atoms. The molecular formula is C17H25N3O5S. The molecule has 1 saturated heterocycles. The van der Waals surface area contributed by atoms with E-state index in [2.05, 4.69) is 5.32 Å². The molecule has 1 aromatic carbocycles. The maximum atomic E-state index is 12.1. The molecule has 1 N–H and O–H groups in total. The first-order chi connectivity index (χ1) is 12.2. The number of likely N-dealkylation sites (tertiary alicyclic amines) is 1. The third-order valence-electron chi connectivity index (χ3n) is 4.57. The van der Waals surface area contributed by atoms with E-state index in [1.807, 2.05) is 4.90 Å². The summed E-state index contributed by atoms with van der Waals surface area (Å²) in [5.41, 5.74) is 0.382. The summed E-state index contributed by atoms with van der Waals surface area (Å²) in [5.74, 6) is -0.195. The number of hydrogen-bond acceptors (Lipinski definition) is 6. The summed E-state index contributed by atoms with van der Waals surface area (Å²) in [4.78, 5) is 26.1. The molecule has 1 aliphatic rings. The molecule has 0 aromatic heterocycles. The number of amides is 2. The van der Waals surface area contributed by atoms with Gasteiger partial charge < -0.3 is 4.74 Å². The Labute approximate surface area is 154 Å². The number of sulfonamides is 1. The minimum atomic E-state index is -3.21. The van der Waals surface area contributed by atoms with Gasteiger partial charge in [-0.3, -0.25) is 19.8 Å². The highest BCUT2D eigenvalue weighted by Gasteiger charge is 2.28. The molecule has 1 heterocycles. The van der Waals surface area contributed by atoms with Gasteiger partial charge in [0.2, 0.25) is 15.9 Å². The summed E-state index contributed by atoms with van der Waals surface area (Å²) >= 11 is 0. The maximum Gasteiger partial charge on any atom is 0.257 e. The molecule has 1 aromatic rings. The average Bonchev–Trinajstić information content (AvgIpc) is 2.61. The van der Waals surface area contributed by atoms with Crippen LogP contribution in [0.1, 0.15) is 23.2 Å². The Bertz CT molecular complexity index is 740. The van der Waals surface area contributed by atoms with Gasteiger partial charge in [0.1, 0.15) is 5.75 Å². The van der Waals surface area contributed by atoms with Crippen LogP contribution in [-0.4, -0.2) is 75.5 Å². The van der Waals surface area contributed by atoms with E-state index in [1.165, 1.54) is 17.7 Å². The molecule has 0 aliphatic carbocycles. The highest BCUT2D eigenvalue weighted by Crippen LogP contribution is 2.17. The quantitative estimate of drug-likeness (QED) is 0.759. The van der Waals surface area contributed by atoms with Gasteiger partial charge in [0.15, 0.2) is 0 Å². The standard InChI is InChI=1S/C17H25N3O5S/c1-19(26(3,23)24)14-8-10-20(11-9-14)12-16(21)18-17(22)13-4-6-15(25-2)7-5-13/h4-7,14H,8-12H2,1-3H3,(H,18,21,22). The molecule has 2 rings (SSSR count). The van der Waals surface area contributed by atoms with Crippen molar-refractivity contribution in [2.24, 2.45) is 0 Å². The summed E-state index contributed by atoms with van der Waals surface area (Å²) in [6.45, 7) is 1.32. The molecule has 0 spiro atoms. The van der Waals surface area contributed by atoms with E-state index in [-0.39, 0.29) is 18.5 Å². The van der Waals surface area contributed by atoms with Gasteiger partial charge in [0.25, 0.3) is 5.91 Å². The molecule has 0 saturated carbocycles. The molecule has 9 heteroatoms. The summed E-state index contributed by atoms with van der Waals surface area (Å²) in [6.07, 6.45) is 2.50. The Hall–Kier alpha value is -1.97. The average molecular weight is 383 g/mol. The fourth-order valence-corrected chi connectivity index (χ4v) is 3.65. The predicted octanol–water partition coefficient (Wildman–Crippen LogP) is 0.307. The number of rotatable bonds is 6. The number of methoxy groups -OCH3 is 1. The Balaban J connectivity index is 1.80. The van der Waals surface area contributed by atoms with Crippen LogP contribution in [0.25, 0.3) is 0 Å². The van der Waals surface area contributed by atoms with Crippen molar-refractivity contribution in [2.75, 3.05) is 40.0 Å². The number of hydrogen-bond donors (Lipinski definition) is 1. The fraction of sp³-hybridized carbons (Fsp3) is 0.529. The second kappa shape index (κ2) is 8.61. The molecular weight excluding hydrogens is 358 g/mol. The first-order valence-electron chi connectivity index (χ1n) is 8.34. The van der Waals surface area contributed by atoms with Crippen LogP contribution in [0.15, 0.2) is 24.3 Å². The van der Waals surface area contributed by atoms with Gasteiger partial charge in [-0.25, -0.2) is 12.7 Å². The van der Waals surface area contributed by atoms with Crippen LogP contribution in [0.4, 0.5) is 0 Å². The van der Waals surface area contributed by atoms with Crippen LogP contribution in [0, 0.1) is 0 Å². The first kappa shape index (κ1) is 20.3. The summed E-state index contributed by atoms with van der Waals surface area (Å²) in [5, 5.41) is 2.37. The van der Waals surface area contributed by atoms with Crippen LogP contribution in [-0.2, 0) is 14.8 Å². The molecule has 26 heavy (non-hydrogen) atoms. The van der Waals surface area contributed by atoms with Crippen molar-refractivity contribution in [2.45, 2.75) is 18.9 Å². The van der Waals surface area contributed by atoms with Crippen LogP contribution in [0.3, 0.4) is 0 Å². The minimum absolute atomic E-state index is 0.0507. The molecule has 0 atom stereocenters. The number of nitrogens with one attached hydrogen (secondary N) is 1. The molecule has 0 unspecified atom stereocenters. The van der Waals surface area contributed by atoms with Crippen molar-refractivity contribution in [1.82, 2.24) is 14.5 Å². The molecule has 1 fully saturated rings. The Morgan fingerprint density at radius 1 is 1.23 bits per heavy atom. The SMILES string of the molecule is COc1ccc(C(=O)NC(=O)CN2CCC(N(C)S(C)(=O)=O)CC2)cc1. The highest BCUT2D eigenvalue weighted by molar-refractivity contribution is 7.88. The van der Waals surface area contributed by atoms with Crippen LogP contribution in [0.5, 0.6) is 5.75 Å². The maximum absolute atomic E-state index is 12.1. The number of carbonyl (C=O) groups is 2. The molecule has 1 aliphatic heterocycles. The van der Waals surface area contributed by atoms with Crippen LogP contribution < -0.4 is 10.1 Å². The number of piperidine rings is 1. The lowest BCUT2D eigenvalue weighted by molar-refractivity contribution is -0.121. The third kappa shape index (κ3) is 5.52. The summed E-state index contributed by atoms with van der Waals surface area (Å²) < 4.78 is 29.6. The lowest BCUT2D eigenvalue weighted by Gasteiger charge is -2.35. The topological polar surface area (TPSA) is 96.0 Å². The highest BCUT2D eigenvalue weighted by atomic mass is 32.2. The Morgan fingerprint density at radius 3 is 2.31 bits per heavy atom. The fourth-order valence-electron chi connectivity index (χ4n) is 2.90. The van der Waals surface area contributed by atoms with Gasteiger partial charge in [0.05, 0.1) is 19.9 Å². The van der Waals surface area contributed by atoms with Crippen molar-refractivity contribution in [3.63, 3.8) is 0 Å². The zero-order chi connectivity index (χ0) is 19.3. The number of nitrogens with zero attached hydrogens (tertiary/aromatic N) is 2. The second-order valence-electron chi connectivity index (χ2n) is 6.39. The van der Waals surface area contributed by atoms with Gasteiger partial charge in [-0.2, -0.15) is 0 Å². The molecule has 2 amide bonds. The van der Waals surface area contributed by atoms with Crippen molar-refractivity contribution >= 4 is 21.8 Å². The Morgan fingerprint density at radius 2 is 1.81 bits per heavy atom. The predicted molar refractivity (Wildman–Crippen MR) is 97.5 cm³/mol. The largest absolute Gasteiger partial charge is 0.497 e. The molecule has 0 radical (unpaired) electrons. The number of imide groups is 1. The summed E-state index contributed by atoms with van der Waals surface area (Å²) in [6, 6.07) is 6.44. The van der Waals surface area contributed by atoms with Crippen molar-refractivity contribution < 1.29 is 22.7 Å². The number of benzene rings is 1. The lowest BCUT2D eigenvalue weighted by Crippen LogP contribution is -2.48. The number of carbonyl (C=O) groups excluding carboxylic acids is 2. The van der Waals surface area contributed by atoms with Gasteiger partial charge in [-0.05, 0) is 37.1 Å². The molecule has 8 nitrogen and oxygen atoms in total. The third-order valence-corrected chi connectivity index (χ3v) is 5.91. The van der Waals surface area contributed by atoms with E-state index in [9.17, 15) is 18.0 Å². The van der Waals surface area contributed by atoms with Gasteiger partial charge in [-0.1, -0.05) is 0 Å². The van der Waals surface area contributed by atoms with Gasteiger partial charge in [-0.15, -0.1) is 0 Å². The smallest absolute Gasteiger partial charge is 0.257 e. The van der Waals surface area contributed by atoms with E-state index >= 15 is 0 Å². The zero-order valence-electron chi connectivity index (χ0n) is 15.3. The Kier molecular flexibility index (Phi) is 6.74. The zero-order valence-corrected chi connectivity index (χ0v) is 16.1. The van der Waals surface area contributed by atoms with Crippen LogP contribution >= 0.6 is 0 Å².